The number of hydrogen-bond donors (Lipinski definition) is 0. The lowest BCUT2D eigenvalue weighted by atomic mass is 10.3. The van der Waals surface area contributed by atoms with Crippen LogP contribution in [0, 0.1) is 5.82 Å². The standard InChI is InChI=1S/C8H7ClFNO2/c1-2-13-8(12)7-6(9)3-5(10)4-11-7/h3-4H,2H2,1H3. The highest BCUT2D eigenvalue weighted by molar-refractivity contribution is 6.33. The summed E-state index contributed by atoms with van der Waals surface area (Å²) in [4.78, 5) is 14.6. The van der Waals surface area contributed by atoms with Crippen molar-refractivity contribution in [3.63, 3.8) is 0 Å². The highest BCUT2D eigenvalue weighted by Crippen LogP contribution is 2.15. The number of esters is 1. The number of pyridine rings is 1. The minimum absolute atomic E-state index is 0.0431. The van der Waals surface area contributed by atoms with E-state index >= 15 is 0 Å². The molecule has 0 amide bonds. The molecule has 0 N–H and O–H groups in total. The highest BCUT2D eigenvalue weighted by Gasteiger charge is 2.13. The molecule has 70 valence electrons. The van der Waals surface area contributed by atoms with Gasteiger partial charge in [0.15, 0.2) is 5.69 Å². The molecule has 1 aromatic heterocycles. The van der Waals surface area contributed by atoms with Crippen LogP contribution < -0.4 is 0 Å². The predicted octanol–water partition coefficient (Wildman–Crippen LogP) is 2.05. The lowest BCUT2D eigenvalue weighted by Crippen LogP contribution is -2.07. The Balaban J connectivity index is 2.95. The Hall–Kier alpha value is -1.16. The van der Waals surface area contributed by atoms with E-state index in [1.807, 2.05) is 0 Å². The first-order chi connectivity index (χ1) is 6.15. The maximum atomic E-state index is 12.5. The summed E-state index contributed by atoms with van der Waals surface area (Å²) < 4.78 is 17.1. The zero-order chi connectivity index (χ0) is 9.84. The molecule has 0 bridgehead atoms. The molecule has 0 unspecified atom stereocenters. The van der Waals surface area contributed by atoms with Crippen molar-refractivity contribution in [3.05, 3.63) is 28.8 Å². The van der Waals surface area contributed by atoms with Gasteiger partial charge in [-0.15, -0.1) is 0 Å². The maximum Gasteiger partial charge on any atom is 0.358 e. The summed E-state index contributed by atoms with van der Waals surface area (Å²) in [5, 5.41) is -0.0431. The van der Waals surface area contributed by atoms with Crippen LogP contribution in [0.4, 0.5) is 4.39 Å². The molecule has 0 aliphatic heterocycles. The lowest BCUT2D eigenvalue weighted by molar-refractivity contribution is 0.0519. The highest BCUT2D eigenvalue weighted by atomic mass is 35.5. The van der Waals surface area contributed by atoms with E-state index in [9.17, 15) is 9.18 Å². The second kappa shape index (κ2) is 4.18. The van der Waals surface area contributed by atoms with Gasteiger partial charge in [0.25, 0.3) is 0 Å². The third-order valence-corrected chi connectivity index (χ3v) is 1.56. The normalized spacial score (nSPS) is 9.77. The molecule has 0 saturated heterocycles. The van der Waals surface area contributed by atoms with Crippen molar-refractivity contribution in [2.24, 2.45) is 0 Å². The van der Waals surface area contributed by atoms with Crippen molar-refractivity contribution in [1.82, 2.24) is 4.98 Å². The fraction of sp³-hybridized carbons (Fsp3) is 0.250. The third kappa shape index (κ3) is 2.39. The summed E-state index contributed by atoms with van der Waals surface area (Å²) in [5.74, 6) is -1.23. The van der Waals surface area contributed by atoms with Crippen LogP contribution in [-0.2, 0) is 4.74 Å². The lowest BCUT2D eigenvalue weighted by Gasteiger charge is -2.01. The first-order valence-corrected chi connectivity index (χ1v) is 4.01. The van der Waals surface area contributed by atoms with Gasteiger partial charge in [-0.05, 0) is 13.0 Å². The third-order valence-electron chi connectivity index (χ3n) is 1.28. The van der Waals surface area contributed by atoms with Crippen molar-refractivity contribution in [2.45, 2.75) is 6.92 Å². The van der Waals surface area contributed by atoms with Crippen LogP contribution >= 0.6 is 11.6 Å². The molecule has 0 atom stereocenters. The Labute approximate surface area is 79.5 Å². The summed E-state index contributed by atoms with van der Waals surface area (Å²) >= 11 is 5.56. The Morgan fingerprint density at radius 1 is 1.77 bits per heavy atom. The van der Waals surface area contributed by atoms with Crippen molar-refractivity contribution in [2.75, 3.05) is 6.61 Å². The first-order valence-electron chi connectivity index (χ1n) is 3.63. The monoisotopic (exact) mass is 203 g/mol. The van der Waals surface area contributed by atoms with E-state index < -0.39 is 11.8 Å². The van der Waals surface area contributed by atoms with E-state index in [1.165, 1.54) is 0 Å². The van der Waals surface area contributed by atoms with Crippen LogP contribution in [0.5, 0.6) is 0 Å². The number of carbonyl (C=O) groups excluding carboxylic acids is 1. The molecule has 0 spiro atoms. The molecular weight excluding hydrogens is 197 g/mol. The van der Waals surface area contributed by atoms with Gasteiger partial charge in [0, 0.05) is 0 Å². The number of aromatic nitrogens is 1. The van der Waals surface area contributed by atoms with Gasteiger partial charge in [0.2, 0.25) is 0 Å². The van der Waals surface area contributed by atoms with Gasteiger partial charge in [-0.2, -0.15) is 0 Å². The molecule has 0 aromatic carbocycles. The van der Waals surface area contributed by atoms with Crippen LogP contribution in [0.3, 0.4) is 0 Å². The zero-order valence-electron chi connectivity index (χ0n) is 6.88. The minimum Gasteiger partial charge on any atom is -0.461 e. The molecule has 0 aliphatic rings. The number of ether oxygens (including phenoxy) is 1. The second-order valence-corrected chi connectivity index (χ2v) is 2.61. The van der Waals surface area contributed by atoms with Gasteiger partial charge in [0.05, 0.1) is 17.8 Å². The van der Waals surface area contributed by atoms with Crippen LogP contribution in [0.15, 0.2) is 12.3 Å². The van der Waals surface area contributed by atoms with E-state index in [4.69, 9.17) is 11.6 Å². The summed E-state index contributed by atoms with van der Waals surface area (Å²) in [6.45, 7) is 1.89. The van der Waals surface area contributed by atoms with E-state index in [0.29, 0.717) is 0 Å². The fourth-order valence-corrected chi connectivity index (χ4v) is 0.994. The molecule has 0 saturated carbocycles. The first kappa shape index (κ1) is 9.92. The van der Waals surface area contributed by atoms with Crippen LogP contribution in [0.1, 0.15) is 17.4 Å². The average Bonchev–Trinajstić information content (AvgIpc) is 2.04. The molecule has 13 heavy (non-hydrogen) atoms. The summed E-state index contributed by atoms with van der Waals surface area (Å²) in [7, 11) is 0. The van der Waals surface area contributed by atoms with E-state index in [1.54, 1.807) is 6.92 Å². The quantitative estimate of drug-likeness (QED) is 0.691. The smallest absolute Gasteiger partial charge is 0.358 e. The van der Waals surface area contributed by atoms with Gasteiger partial charge in [-0.3, -0.25) is 0 Å². The van der Waals surface area contributed by atoms with Crippen molar-refractivity contribution in [1.29, 1.82) is 0 Å². The van der Waals surface area contributed by atoms with Gasteiger partial charge in [0.1, 0.15) is 5.82 Å². The number of rotatable bonds is 2. The van der Waals surface area contributed by atoms with Crippen molar-refractivity contribution < 1.29 is 13.9 Å². The molecule has 0 aliphatic carbocycles. The van der Waals surface area contributed by atoms with Gasteiger partial charge >= 0.3 is 5.97 Å². The fourth-order valence-electron chi connectivity index (χ4n) is 0.764. The van der Waals surface area contributed by atoms with Gasteiger partial charge in [-0.1, -0.05) is 11.6 Å². The molecule has 1 rings (SSSR count). The number of nitrogens with zero attached hydrogens (tertiary/aromatic N) is 1. The van der Waals surface area contributed by atoms with Gasteiger partial charge < -0.3 is 4.74 Å². The average molecular weight is 204 g/mol. The Morgan fingerprint density at radius 2 is 2.46 bits per heavy atom. The Kier molecular flexibility index (Phi) is 3.19. The molecular formula is C8H7ClFNO2. The van der Waals surface area contributed by atoms with Crippen LogP contribution in [0.25, 0.3) is 0 Å². The van der Waals surface area contributed by atoms with Crippen molar-refractivity contribution >= 4 is 17.6 Å². The van der Waals surface area contributed by atoms with Gasteiger partial charge in [-0.25, -0.2) is 14.2 Å². The van der Waals surface area contributed by atoms with E-state index in [0.717, 1.165) is 12.3 Å². The molecule has 3 nitrogen and oxygen atoms in total. The Bertz CT molecular complexity index is 330. The SMILES string of the molecule is CCOC(=O)c1ncc(F)cc1Cl. The maximum absolute atomic E-state index is 12.5. The summed E-state index contributed by atoms with van der Waals surface area (Å²) in [5.41, 5.74) is -0.0649. The number of hydrogen-bond acceptors (Lipinski definition) is 3. The number of halogens is 2. The molecule has 1 heterocycles. The molecule has 0 fully saturated rings. The largest absolute Gasteiger partial charge is 0.461 e. The topological polar surface area (TPSA) is 39.2 Å². The van der Waals surface area contributed by atoms with Crippen LogP contribution in [0.2, 0.25) is 5.02 Å². The molecule has 5 heteroatoms. The second-order valence-electron chi connectivity index (χ2n) is 2.20. The van der Waals surface area contributed by atoms with Crippen LogP contribution in [-0.4, -0.2) is 17.6 Å². The number of carbonyl (C=O) groups is 1. The summed E-state index contributed by atoms with van der Waals surface area (Å²) in [6, 6.07) is 1.01. The predicted molar refractivity (Wildman–Crippen MR) is 45.2 cm³/mol. The molecule has 0 radical (unpaired) electrons. The Morgan fingerprint density at radius 3 is 3.00 bits per heavy atom. The van der Waals surface area contributed by atoms with Crippen molar-refractivity contribution in [3.8, 4) is 0 Å². The van der Waals surface area contributed by atoms with E-state index in [-0.39, 0.29) is 17.3 Å². The molecule has 1 aromatic rings. The zero-order valence-corrected chi connectivity index (χ0v) is 7.64. The summed E-state index contributed by atoms with van der Waals surface area (Å²) in [6.07, 6.45) is 0.915. The van der Waals surface area contributed by atoms with E-state index in [2.05, 4.69) is 9.72 Å². The minimum atomic E-state index is -0.646.